The normalized spacial score (nSPS) is 15.0. The molecule has 2 heterocycles. The summed E-state index contributed by atoms with van der Waals surface area (Å²) in [7, 11) is 1.64. The summed E-state index contributed by atoms with van der Waals surface area (Å²) >= 11 is 3.20. The van der Waals surface area contributed by atoms with E-state index in [1.165, 1.54) is 40.8 Å². The van der Waals surface area contributed by atoms with Crippen LogP contribution >= 0.6 is 23.1 Å². The van der Waals surface area contributed by atoms with Gasteiger partial charge in [0.1, 0.15) is 10.6 Å². The van der Waals surface area contributed by atoms with Crippen LogP contribution in [-0.4, -0.2) is 23.3 Å². The number of thiophene rings is 1. The van der Waals surface area contributed by atoms with Crippen molar-refractivity contribution in [1.29, 1.82) is 0 Å². The molecule has 0 saturated carbocycles. The molecule has 2 aromatic heterocycles. The van der Waals surface area contributed by atoms with Crippen molar-refractivity contribution in [2.75, 3.05) is 13.7 Å². The van der Waals surface area contributed by atoms with Crippen LogP contribution < -0.4 is 5.56 Å². The molecular formula is C21H23FN2O2S2. The summed E-state index contributed by atoms with van der Waals surface area (Å²) in [5.41, 5.74) is 2.25. The molecule has 0 fully saturated rings. The van der Waals surface area contributed by atoms with Crippen LogP contribution in [0.25, 0.3) is 10.2 Å². The predicted molar refractivity (Wildman–Crippen MR) is 113 cm³/mol. The fraction of sp³-hybridized carbons (Fsp3) is 0.429. The lowest BCUT2D eigenvalue weighted by atomic mass is 9.97. The molecule has 1 aliphatic carbocycles. The summed E-state index contributed by atoms with van der Waals surface area (Å²) in [6.45, 7) is 2.98. The van der Waals surface area contributed by atoms with Gasteiger partial charge in [0.25, 0.3) is 5.56 Å². The summed E-state index contributed by atoms with van der Waals surface area (Å²) in [5.74, 6) is -0.248. The first-order valence-corrected chi connectivity index (χ1v) is 11.2. The van der Waals surface area contributed by atoms with Gasteiger partial charge in [0.05, 0.1) is 18.5 Å². The Hall–Kier alpha value is -1.70. The molecule has 148 valence electrons. The average Bonchev–Trinajstić information content (AvgIpc) is 3.06. The van der Waals surface area contributed by atoms with Gasteiger partial charge in [0.15, 0.2) is 5.16 Å². The molecule has 1 aromatic carbocycles. The van der Waals surface area contributed by atoms with Gasteiger partial charge in [0, 0.05) is 17.2 Å². The van der Waals surface area contributed by atoms with Crippen LogP contribution in [0, 0.1) is 5.82 Å². The van der Waals surface area contributed by atoms with E-state index in [-0.39, 0.29) is 16.6 Å². The lowest BCUT2D eigenvalue weighted by Crippen LogP contribution is -2.25. The van der Waals surface area contributed by atoms with Gasteiger partial charge in [0.2, 0.25) is 0 Å². The molecule has 1 aliphatic rings. The maximum Gasteiger partial charge on any atom is 0.263 e. The summed E-state index contributed by atoms with van der Waals surface area (Å²) < 4.78 is 20.2. The van der Waals surface area contributed by atoms with Crippen molar-refractivity contribution in [3.05, 3.63) is 56.4 Å². The van der Waals surface area contributed by atoms with Gasteiger partial charge in [-0.25, -0.2) is 9.37 Å². The standard InChI is InChI=1S/C21H23FN2O2S2/c1-13(14-7-9-15(22)10-8-14)27-21-23-19-18(20(25)24(21)11-12-26-2)16-5-3-4-6-17(16)28-19/h7-10,13H,3-6,11-12H2,1-2H3/t13-/m1/s1. The maximum absolute atomic E-state index is 13.4. The molecule has 7 heteroatoms. The second-order valence-corrected chi connectivity index (χ2v) is 9.44. The van der Waals surface area contributed by atoms with Crippen LogP contribution in [0.2, 0.25) is 0 Å². The van der Waals surface area contributed by atoms with Crippen LogP contribution in [-0.2, 0) is 24.1 Å². The van der Waals surface area contributed by atoms with Crippen LogP contribution in [0.15, 0.2) is 34.2 Å². The van der Waals surface area contributed by atoms with Crippen molar-refractivity contribution < 1.29 is 9.13 Å². The second-order valence-electron chi connectivity index (χ2n) is 7.05. The van der Waals surface area contributed by atoms with Crippen molar-refractivity contribution in [3.8, 4) is 0 Å². The molecule has 0 saturated heterocycles. The summed E-state index contributed by atoms with van der Waals surface area (Å²) in [6.07, 6.45) is 4.33. The predicted octanol–water partition coefficient (Wildman–Crippen LogP) is 4.98. The number of hydrogen-bond acceptors (Lipinski definition) is 5. The Morgan fingerprint density at radius 3 is 2.79 bits per heavy atom. The first kappa shape index (κ1) is 19.6. The fourth-order valence-electron chi connectivity index (χ4n) is 3.65. The van der Waals surface area contributed by atoms with Crippen LogP contribution in [0.3, 0.4) is 0 Å². The molecule has 0 aliphatic heterocycles. The van der Waals surface area contributed by atoms with Crippen LogP contribution in [0.4, 0.5) is 4.39 Å². The Kier molecular flexibility index (Phi) is 5.85. The largest absolute Gasteiger partial charge is 0.383 e. The third-order valence-electron chi connectivity index (χ3n) is 5.18. The molecule has 3 aromatic rings. The van der Waals surface area contributed by atoms with Gasteiger partial charge in [-0.05, 0) is 55.9 Å². The van der Waals surface area contributed by atoms with E-state index in [0.717, 1.165) is 35.0 Å². The summed E-state index contributed by atoms with van der Waals surface area (Å²) in [4.78, 5) is 20.4. The third kappa shape index (κ3) is 3.75. The number of rotatable bonds is 6. The number of hydrogen-bond donors (Lipinski definition) is 0. The number of benzene rings is 1. The molecule has 4 nitrogen and oxygen atoms in total. The number of fused-ring (bicyclic) bond motifs is 3. The molecule has 0 spiro atoms. The zero-order chi connectivity index (χ0) is 19.7. The zero-order valence-electron chi connectivity index (χ0n) is 16.0. The first-order valence-electron chi connectivity index (χ1n) is 9.54. The lowest BCUT2D eigenvalue weighted by molar-refractivity contribution is 0.183. The molecule has 0 radical (unpaired) electrons. The van der Waals surface area contributed by atoms with Crippen LogP contribution in [0.1, 0.15) is 41.0 Å². The number of aryl methyl sites for hydroxylation is 2. The molecule has 0 unspecified atom stereocenters. The number of methoxy groups -OCH3 is 1. The summed E-state index contributed by atoms with van der Waals surface area (Å²) in [6, 6.07) is 6.50. The van der Waals surface area contributed by atoms with E-state index in [0.29, 0.717) is 18.3 Å². The molecule has 0 bridgehead atoms. The minimum Gasteiger partial charge on any atom is -0.383 e. The van der Waals surface area contributed by atoms with E-state index in [1.807, 2.05) is 6.92 Å². The van der Waals surface area contributed by atoms with Gasteiger partial charge in [-0.15, -0.1) is 11.3 Å². The summed E-state index contributed by atoms with van der Waals surface area (Å²) in [5, 5.41) is 1.55. The van der Waals surface area contributed by atoms with Gasteiger partial charge >= 0.3 is 0 Å². The van der Waals surface area contributed by atoms with Crippen molar-refractivity contribution in [2.24, 2.45) is 0 Å². The van der Waals surface area contributed by atoms with Gasteiger partial charge in [-0.2, -0.15) is 0 Å². The van der Waals surface area contributed by atoms with E-state index in [1.54, 1.807) is 35.1 Å². The Morgan fingerprint density at radius 1 is 1.29 bits per heavy atom. The fourth-order valence-corrected chi connectivity index (χ4v) is 6.01. The number of nitrogens with zero attached hydrogens (tertiary/aromatic N) is 2. The van der Waals surface area contributed by atoms with Crippen molar-refractivity contribution in [2.45, 2.75) is 49.6 Å². The van der Waals surface area contributed by atoms with Gasteiger partial charge in [-0.1, -0.05) is 23.9 Å². The van der Waals surface area contributed by atoms with Crippen LogP contribution in [0.5, 0.6) is 0 Å². The highest BCUT2D eigenvalue weighted by molar-refractivity contribution is 7.99. The Bertz CT molecular complexity index is 1040. The van der Waals surface area contributed by atoms with Crippen molar-refractivity contribution >= 4 is 33.3 Å². The topological polar surface area (TPSA) is 44.1 Å². The number of ether oxygens (including phenoxy) is 1. The van der Waals surface area contributed by atoms with E-state index >= 15 is 0 Å². The number of aromatic nitrogens is 2. The van der Waals surface area contributed by atoms with Gasteiger partial charge in [-0.3, -0.25) is 9.36 Å². The van der Waals surface area contributed by atoms with E-state index in [4.69, 9.17) is 9.72 Å². The lowest BCUT2D eigenvalue weighted by Gasteiger charge is -2.16. The smallest absolute Gasteiger partial charge is 0.263 e. The monoisotopic (exact) mass is 418 g/mol. The van der Waals surface area contributed by atoms with Gasteiger partial charge < -0.3 is 4.74 Å². The highest BCUT2D eigenvalue weighted by atomic mass is 32.2. The quantitative estimate of drug-likeness (QED) is 0.419. The molecule has 0 N–H and O–H groups in total. The van der Waals surface area contributed by atoms with E-state index in [2.05, 4.69) is 0 Å². The molecule has 28 heavy (non-hydrogen) atoms. The van der Waals surface area contributed by atoms with E-state index in [9.17, 15) is 9.18 Å². The number of thioether (sulfide) groups is 1. The van der Waals surface area contributed by atoms with E-state index < -0.39 is 0 Å². The minimum atomic E-state index is -0.248. The minimum absolute atomic E-state index is 0.0373. The second kappa shape index (κ2) is 8.35. The highest BCUT2D eigenvalue weighted by Crippen LogP contribution is 2.37. The van der Waals surface area contributed by atoms with Crippen molar-refractivity contribution in [3.63, 3.8) is 0 Å². The Balaban J connectivity index is 1.77. The SMILES string of the molecule is COCCn1c(S[C@H](C)c2ccc(F)cc2)nc2sc3c(c2c1=O)CCCC3. The average molecular weight is 419 g/mol. The van der Waals surface area contributed by atoms with Crippen molar-refractivity contribution in [1.82, 2.24) is 9.55 Å². The zero-order valence-corrected chi connectivity index (χ0v) is 17.7. The Labute approximate surface area is 171 Å². The third-order valence-corrected chi connectivity index (χ3v) is 7.51. The molecular weight excluding hydrogens is 395 g/mol. The molecule has 4 rings (SSSR count). The Morgan fingerprint density at radius 2 is 2.04 bits per heavy atom. The first-order chi connectivity index (χ1) is 13.6. The molecule has 1 atom stereocenters. The molecule has 0 amide bonds. The number of halogens is 1. The maximum atomic E-state index is 13.4. The highest BCUT2D eigenvalue weighted by Gasteiger charge is 2.23.